The van der Waals surface area contributed by atoms with Crippen LogP contribution in [0.4, 0.5) is 0 Å². The normalized spacial score (nSPS) is 16.9. The lowest BCUT2D eigenvalue weighted by Crippen LogP contribution is -2.38. The zero-order valence-electron chi connectivity index (χ0n) is 10.1. The fourth-order valence-electron chi connectivity index (χ4n) is 1.78. The van der Waals surface area contributed by atoms with E-state index in [1.54, 1.807) is 0 Å². The van der Waals surface area contributed by atoms with Crippen LogP contribution in [0.15, 0.2) is 12.2 Å². The molecule has 0 bridgehead atoms. The van der Waals surface area contributed by atoms with Gasteiger partial charge in [-0.25, -0.2) is 0 Å². The lowest BCUT2D eigenvalue weighted by Gasteiger charge is -2.30. The van der Waals surface area contributed by atoms with Crippen LogP contribution in [-0.4, -0.2) is 28.9 Å². The third-order valence-corrected chi connectivity index (χ3v) is 2.62. The van der Waals surface area contributed by atoms with Crippen molar-refractivity contribution < 1.29 is 0 Å². The van der Waals surface area contributed by atoms with Crippen LogP contribution in [0.3, 0.4) is 0 Å². The Hall–Kier alpha value is -0.0100. The number of nitrogens with zero attached hydrogens (tertiary/aromatic N) is 1. The topological polar surface area (TPSA) is 3.24 Å². The van der Waals surface area contributed by atoms with E-state index in [2.05, 4.69) is 44.7 Å². The molecule has 0 amide bonds. The Kier molecular flexibility index (Phi) is 7.30. The van der Waals surface area contributed by atoms with Crippen LogP contribution in [-0.2, 0) is 0 Å². The van der Waals surface area contributed by atoms with Crippen LogP contribution in [0.5, 0.6) is 0 Å². The number of rotatable bonds is 6. The fourth-order valence-corrected chi connectivity index (χ4v) is 1.89. The van der Waals surface area contributed by atoms with Gasteiger partial charge in [-0.2, -0.15) is 0 Å². The first-order valence-electron chi connectivity index (χ1n) is 5.55. The van der Waals surface area contributed by atoms with Gasteiger partial charge in [-0.15, -0.1) is 11.6 Å². The highest BCUT2D eigenvalue weighted by atomic mass is 35.5. The van der Waals surface area contributed by atoms with Crippen molar-refractivity contribution in [2.75, 3.05) is 6.54 Å². The Labute approximate surface area is 94.1 Å². The zero-order chi connectivity index (χ0) is 11.1. The highest BCUT2D eigenvalue weighted by molar-refractivity contribution is 6.21. The van der Waals surface area contributed by atoms with Gasteiger partial charge in [-0.1, -0.05) is 19.1 Å². The second kappa shape index (κ2) is 7.30. The summed E-state index contributed by atoms with van der Waals surface area (Å²) in [7, 11) is 0. The SMILES string of the molecule is CCN(C(C)C)C(C)C/C=C/C(C)Cl. The summed E-state index contributed by atoms with van der Waals surface area (Å²) in [5.41, 5.74) is 0. The Morgan fingerprint density at radius 3 is 2.14 bits per heavy atom. The van der Waals surface area contributed by atoms with Crippen LogP contribution in [0.1, 0.15) is 41.0 Å². The molecule has 0 aromatic heterocycles. The molecular weight excluding hydrogens is 194 g/mol. The summed E-state index contributed by atoms with van der Waals surface area (Å²) in [5.74, 6) is 0. The molecule has 0 aliphatic heterocycles. The zero-order valence-corrected chi connectivity index (χ0v) is 10.9. The highest BCUT2D eigenvalue weighted by Gasteiger charge is 2.13. The molecule has 2 unspecified atom stereocenters. The van der Waals surface area contributed by atoms with E-state index in [1.807, 2.05) is 6.92 Å². The van der Waals surface area contributed by atoms with Crippen LogP contribution in [0.2, 0.25) is 0 Å². The average molecular weight is 218 g/mol. The van der Waals surface area contributed by atoms with E-state index in [1.165, 1.54) is 0 Å². The molecule has 0 saturated heterocycles. The summed E-state index contributed by atoms with van der Waals surface area (Å²) < 4.78 is 0. The van der Waals surface area contributed by atoms with E-state index in [-0.39, 0.29) is 5.38 Å². The van der Waals surface area contributed by atoms with E-state index >= 15 is 0 Å². The molecule has 0 aliphatic carbocycles. The summed E-state index contributed by atoms with van der Waals surface area (Å²) in [5, 5.41) is 0.149. The van der Waals surface area contributed by atoms with Crippen LogP contribution < -0.4 is 0 Å². The van der Waals surface area contributed by atoms with Gasteiger partial charge in [0.2, 0.25) is 0 Å². The lowest BCUT2D eigenvalue weighted by molar-refractivity contribution is 0.174. The first-order chi connectivity index (χ1) is 6.49. The van der Waals surface area contributed by atoms with Crippen molar-refractivity contribution in [1.82, 2.24) is 4.90 Å². The van der Waals surface area contributed by atoms with Gasteiger partial charge in [0, 0.05) is 17.5 Å². The second-order valence-corrected chi connectivity index (χ2v) is 4.80. The van der Waals surface area contributed by atoms with Gasteiger partial charge < -0.3 is 0 Å². The summed E-state index contributed by atoms with van der Waals surface area (Å²) in [4.78, 5) is 2.49. The summed E-state index contributed by atoms with van der Waals surface area (Å²) in [6.45, 7) is 12.1. The van der Waals surface area contributed by atoms with Crippen molar-refractivity contribution >= 4 is 11.6 Å². The van der Waals surface area contributed by atoms with E-state index in [9.17, 15) is 0 Å². The summed E-state index contributed by atoms with van der Waals surface area (Å²) in [6, 6.07) is 1.23. The number of hydrogen-bond acceptors (Lipinski definition) is 1. The molecule has 0 aliphatic rings. The van der Waals surface area contributed by atoms with Gasteiger partial charge >= 0.3 is 0 Å². The Bertz CT molecular complexity index is 164. The lowest BCUT2D eigenvalue weighted by atomic mass is 10.1. The smallest absolute Gasteiger partial charge is 0.0487 e. The molecule has 0 rings (SSSR count). The molecule has 0 saturated carbocycles. The van der Waals surface area contributed by atoms with E-state index in [4.69, 9.17) is 11.6 Å². The Balaban J connectivity index is 3.98. The quantitative estimate of drug-likeness (QED) is 0.485. The van der Waals surface area contributed by atoms with Gasteiger partial charge in [0.1, 0.15) is 0 Å². The maximum absolute atomic E-state index is 5.84. The maximum Gasteiger partial charge on any atom is 0.0487 e. The van der Waals surface area contributed by atoms with Crippen LogP contribution in [0.25, 0.3) is 0 Å². The molecule has 2 atom stereocenters. The molecule has 0 fully saturated rings. The third-order valence-electron chi connectivity index (χ3n) is 2.47. The first kappa shape index (κ1) is 14.0. The number of halogens is 1. The van der Waals surface area contributed by atoms with Gasteiger partial charge in [0.05, 0.1) is 0 Å². The van der Waals surface area contributed by atoms with Crippen LogP contribution in [0, 0.1) is 0 Å². The fraction of sp³-hybridized carbons (Fsp3) is 0.833. The standard InChI is InChI=1S/C12H24ClN/c1-6-14(10(2)3)12(5)9-7-8-11(4)13/h7-8,10-12H,6,9H2,1-5H3/b8-7+. The maximum atomic E-state index is 5.84. The minimum atomic E-state index is 0.149. The Morgan fingerprint density at radius 1 is 1.21 bits per heavy atom. The van der Waals surface area contributed by atoms with E-state index in [0.717, 1.165) is 13.0 Å². The van der Waals surface area contributed by atoms with E-state index in [0.29, 0.717) is 12.1 Å². The van der Waals surface area contributed by atoms with Crippen LogP contribution >= 0.6 is 11.6 Å². The van der Waals surface area contributed by atoms with Crippen molar-refractivity contribution in [2.24, 2.45) is 0 Å². The molecule has 1 nitrogen and oxygen atoms in total. The van der Waals surface area contributed by atoms with Gasteiger partial charge in [0.15, 0.2) is 0 Å². The molecule has 0 N–H and O–H groups in total. The minimum absolute atomic E-state index is 0.149. The molecule has 14 heavy (non-hydrogen) atoms. The van der Waals surface area contributed by atoms with Crippen molar-refractivity contribution in [3.8, 4) is 0 Å². The summed E-state index contributed by atoms with van der Waals surface area (Å²) >= 11 is 5.84. The van der Waals surface area contributed by atoms with E-state index < -0.39 is 0 Å². The number of hydrogen-bond donors (Lipinski definition) is 0. The predicted molar refractivity (Wildman–Crippen MR) is 66.1 cm³/mol. The predicted octanol–water partition coefficient (Wildman–Crippen LogP) is 3.68. The molecule has 0 heterocycles. The van der Waals surface area contributed by atoms with Crippen molar-refractivity contribution in [3.05, 3.63) is 12.2 Å². The second-order valence-electron chi connectivity index (χ2n) is 4.11. The molecule has 84 valence electrons. The largest absolute Gasteiger partial charge is 0.298 e. The summed E-state index contributed by atoms with van der Waals surface area (Å²) in [6.07, 6.45) is 5.34. The molecule has 0 aromatic rings. The van der Waals surface area contributed by atoms with Gasteiger partial charge in [-0.05, 0) is 40.7 Å². The first-order valence-corrected chi connectivity index (χ1v) is 5.99. The van der Waals surface area contributed by atoms with Crippen molar-refractivity contribution in [2.45, 2.75) is 58.5 Å². The van der Waals surface area contributed by atoms with Crippen molar-refractivity contribution in [1.29, 1.82) is 0 Å². The Morgan fingerprint density at radius 2 is 1.79 bits per heavy atom. The molecule has 2 heteroatoms. The molecule has 0 radical (unpaired) electrons. The molecule has 0 spiro atoms. The number of allylic oxidation sites excluding steroid dienone is 1. The monoisotopic (exact) mass is 217 g/mol. The average Bonchev–Trinajstić information content (AvgIpc) is 2.03. The molecular formula is C12H24ClN. The third kappa shape index (κ3) is 5.66. The van der Waals surface area contributed by atoms with Crippen molar-refractivity contribution in [3.63, 3.8) is 0 Å². The minimum Gasteiger partial charge on any atom is -0.298 e. The number of alkyl halides is 1. The highest BCUT2D eigenvalue weighted by Crippen LogP contribution is 2.09. The van der Waals surface area contributed by atoms with Gasteiger partial charge in [-0.3, -0.25) is 4.90 Å². The van der Waals surface area contributed by atoms with Gasteiger partial charge in [0.25, 0.3) is 0 Å². The molecule has 0 aromatic carbocycles.